The van der Waals surface area contributed by atoms with Crippen LogP contribution in [0.3, 0.4) is 0 Å². The maximum absolute atomic E-state index is 13.2. The van der Waals surface area contributed by atoms with E-state index >= 15 is 0 Å². The summed E-state index contributed by atoms with van der Waals surface area (Å²) < 4.78 is 14.5. The third kappa shape index (κ3) is 4.02. The number of carbonyl (C=O) groups is 1. The maximum atomic E-state index is 13.2. The predicted octanol–water partition coefficient (Wildman–Crippen LogP) is 2.25. The smallest absolute Gasteiger partial charge is 0.274 e. The molecule has 1 aliphatic rings. The molecule has 156 valence electrons. The molecule has 0 fully saturated rings. The highest BCUT2D eigenvalue weighted by Crippen LogP contribution is 2.20. The molecule has 0 bridgehead atoms. The molecule has 4 rings (SSSR count). The van der Waals surface area contributed by atoms with Crippen molar-refractivity contribution in [3.63, 3.8) is 0 Å². The van der Waals surface area contributed by atoms with Crippen molar-refractivity contribution in [3.05, 3.63) is 82.3 Å². The summed E-state index contributed by atoms with van der Waals surface area (Å²) in [6, 6.07) is 18.8. The highest BCUT2D eigenvalue weighted by Gasteiger charge is 2.29. The molecule has 30 heavy (non-hydrogen) atoms. The van der Waals surface area contributed by atoms with Crippen LogP contribution in [-0.2, 0) is 29.0 Å². The van der Waals surface area contributed by atoms with Gasteiger partial charge in [-0.25, -0.2) is 4.68 Å². The fraction of sp³-hybridized carbons (Fsp3) is 0.304. The molecule has 0 atom stereocenters. The average molecular weight is 407 g/mol. The van der Waals surface area contributed by atoms with Crippen LogP contribution in [0.4, 0.5) is 0 Å². The van der Waals surface area contributed by atoms with E-state index in [2.05, 4.69) is 0 Å². The van der Waals surface area contributed by atoms with Gasteiger partial charge in [0.25, 0.3) is 11.5 Å². The zero-order valence-electron chi connectivity index (χ0n) is 17.0. The molecule has 0 unspecified atom stereocenters. The molecule has 7 nitrogen and oxygen atoms in total. The molecule has 1 amide bonds. The first kappa shape index (κ1) is 20.0. The van der Waals surface area contributed by atoms with Gasteiger partial charge in [0, 0.05) is 19.2 Å². The van der Waals surface area contributed by atoms with Gasteiger partial charge in [-0.15, -0.1) is 0 Å². The van der Waals surface area contributed by atoms with Crippen LogP contribution in [0.5, 0.6) is 5.75 Å². The summed E-state index contributed by atoms with van der Waals surface area (Å²) in [5.41, 5.74) is 2.40. The lowest BCUT2D eigenvalue weighted by molar-refractivity contribution is -0.134. The first-order valence-electron chi connectivity index (χ1n) is 10.0. The van der Waals surface area contributed by atoms with E-state index in [1.54, 1.807) is 16.7 Å². The highest BCUT2D eigenvalue weighted by atomic mass is 16.5. The molecule has 0 saturated heterocycles. The van der Waals surface area contributed by atoms with Gasteiger partial charge in [-0.2, -0.15) is 0 Å². The van der Waals surface area contributed by atoms with E-state index in [9.17, 15) is 9.59 Å². The molecule has 1 aliphatic heterocycles. The van der Waals surface area contributed by atoms with Gasteiger partial charge in [0.15, 0.2) is 6.61 Å². The zero-order valence-corrected chi connectivity index (χ0v) is 17.0. The molecule has 2 heterocycles. The lowest BCUT2D eigenvalue weighted by Crippen LogP contribution is -2.40. The molecule has 0 N–H and O–H groups in total. The second-order valence-corrected chi connectivity index (χ2v) is 7.16. The Labute approximate surface area is 175 Å². The Kier molecular flexibility index (Phi) is 5.99. The summed E-state index contributed by atoms with van der Waals surface area (Å²) in [4.78, 5) is 27.7. The molecule has 2 aromatic carbocycles. The quantitative estimate of drug-likeness (QED) is 0.603. The van der Waals surface area contributed by atoms with Gasteiger partial charge in [0.2, 0.25) is 0 Å². The molecule has 1 aromatic heterocycles. The molecular weight excluding hydrogens is 382 g/mol. The lowest BCUT2D eigenvalue weighted by atomic mass is 10.1. The molecule has 0 saturated carbocycles. The van der Waals surface area contributed by atoms with Crippen molar-refractivity contribution < 1.29 is 14.3 Å². The average Bonchev–Trinajstić information content (AvgIpc) is 3.08. The van der Waals surface area contributed by atoms with Gasteiger partial charge >= 0.3 is 0 Å². The number of nitrogens with zero attached hydrogens (tertiary/aromatic N) is 3. The van der Waals surface area contributed by atoms with Crippen LogP contribution in [0.2, 0.25) is 0 Å². The number of aromatic nitrogens is 2. The van der Waals surface area contributed by atoms with E-state index in [0.29, 0.717) is 38.4 Å². The van der Waals surface area contributed by atoms with Crippen LogP contribution in [0, 0.1) is 0 Å². The fourth-order valence-corrected chi connectivity index (χ4v) is 3.78. The minimum absolute atomic E-state index is 0.0267. The van der Waals surface area contributed by atoms with Crippen LogP contribution in [0.25, 0.3) is 5.69 Å². The third-order valence-corrected chi connectivity index (χ3v) is 5.29. The normalized spacial score (nSPS) is 13.2. The molecule has 0 radical (unpaired) electrons. The predicted molar refractivity (Wildman–Crippen MR) is 113 cm³/mol. The monoisotopic (exact) mass is 407 g/mol. The number of fused-ring (bicyclic) bond motifs is 1. The third-order valence-electron chi connectivity index (χ3n) is 5.29. The number of benzene rings is 2. The van der Waals surface area contributed by atoms with E-state index in [-0.39, 0.29) is 18.1 Å². The second kappa shape index (κ2) is 9.00. The van der Waals surface area contributed by atoms with Crippen molar-refractivity contribution >= 4 is 5.91 Å². The van der Waals surface area contributed by atoms with Gasteiger partial charge in [-0.1, -0.05) is 36.4 Å². The summed E-state index contributed by atoms with van der Waals surface area (Å²) in [5, 5.41) is 0. The number of amides is 1. The van der Waals surface area contributed by atoms with Gasteiger partial charge in [0.1, 0.15) is 5.75 Å². The van der Waals surface area contributed by atoms with Crippen LogP contribution < -0.4 is 10.3 Å². The van der Waals surface area contributed by atoms with Crippen LogP contribution in [0.15, 0.2) is 65.5 Å². The second-order valence-electron chi connectivity index (χ2n) is 7.16. The summed E-state index contributed by atoms with van der Waals surface area (Å²) in [6.45, 7) is 1.85. The lowest BCUT2D eigenvalue weighted by Gasteiger charge is -2.28. The van der Waals surface area contributed by atoms with Gasteiger partial charge in [-0.05, 0) is 30.7 Å². The zero-order chi connectivity index (χ0) is 20.9. The van der Waals surface area contributed by atoms with Crippen molar-refractivity contribution in [2.75, 3.05) is 26.9 Å². The Hall–Kier alpha value is -3.32. The molecule has 0 spiro atoms. The summed E-state index contributed by atoms with van der Waals surface area (Å²) in [7, 11) is 1.64. The number of hydrogen-bond acceptors (Lipinski definition) is 4. The Balaban J connectivity index is 1.59. The van der Waals surface area contributed by atoms with E-state index < -0.39 is 0 Å². The Morgan fingerprint density at radius 3 is 2.43 bits per heavy atom. The van der Waals surface area contributed by atoms with Crippen molar-refractivity contribution in [2.45, 2.75) is 19.5 Å². The van der Waals surface area contributed by atoms with E-state index in [0.717, 1.165) is 16.9 Å². The largest absolute Gasteiger partial charge is 0.484 e. The minimum atomic E-state index is -0.0947. The number of hydrogen-bond donors (Lipinski definition) is 0. The number of rotatable bonds is 7. The van der Waals surface area contributed by atoms with Crippen molar-refractivity contribution in [1.29, 1.82) is 0 Å². The van der Waals surface area contributed by atoms with E-state index in [1.165, 1.54) is 0 Å². The van der Waals surface area contributed by atoms with E-state index in [1.807, 2.05) is 65.3 Å². The molecular formula is C23H25N3O4. The fourth-order valence-electron chi connectivity index (χ4n) is 3.78. The molecule has 3 aromatic rings. The first-order valence-corrected chi connectivity index (χ1v) is 10.0. The van der Waals surface area contributed by atoms with Crippen molar-refractivity contribution in [3.8, 4) is 11.4 Å². The van der Waals surface area contributed by atoms with Crippen LogP contribution in [-0.4, -0.2) is 47.0 Å². The number of carbonyl (C=O) groups excluding carboxylic acids is 1. The number of para-hydroxylation sites is 2. The topological polar surface area (TPSA) is 65.7 Å². The first-order chi connectivity index (χ1) is 14.7. The standard InChI is InChI=1S/C23H25N3O4/c1-29-15-14-25-21-16-24(22(27)17-30-19-10-6-3-7-11-19)13-12-20(21)23(28)26(25)18-8-4-2-5-9-18/h2-11H,12-17H2,1H3. The van der Waals surface area contributed by atoms with Gasteiger partial charge in [0.05, 0.1) is 31.1 Å². The Morgan fingerprint density at radius 2 is 1.73 bits per heavy atom. The highest BCUT2D eigenvalue weighted by molar-refractivity contribution is 5.78. The van der Waals surface area contributed by atoms with Crippen LogP contribution >= 0.6 is 0 Å². The van der Waals surface area contributed by atoms with Crippen LogP contribution in [0.1, 0.15) is 11.3 Å². The Bertz CT molecular complexity index is 1060. The summed E-state index contributed by atoms with van der Waals surface area (Å²) in [6.07, 6.45) is 0.526. The van der Waals surface area contributed by atoms with Gasteiger partial charge in [-0.3, -0.25) is 14.3 Å². The summed E-state index contributed by atoms with van der Waals surface area (Å²) >= 11 is 0. The SMILES string of the molecule is COCCn1c2c(c(=O)n1-c1ccccc1)CCN(C(=O)COc1ccccc1)C2. The number of ether oxygens (including phenoxy) is 2. The molecule has 0 aliphatic carbocycles. The Morgan fingerprint density at radius 1 is 1.03 bits per heavy atom. The maximum Gasteiger partial charge on any atom is 0.274 e. The van der Waals surface area contributed by atoms with Crippen molar-refractivity contribution in [2.24, 2.45) is 0 Å². The number of methoxy groups -OCH3 is 1. The minimum Gasteiger partial charge on any atom is -0.484 e. The molecule has 7 heteroatoms. The summed E-state index contributed by atoms with van der Waals surface area (Å²) in [5.74, 6) is 0.568. The van der Waals surface area contributed by atoms with E-state index in [4.69, 9.17) is 9.47 Å². The van der Waals surface area contributed by atoms with Gasteiger partial charge < -0.3 is 14.4 Å². The van der Waals surface area contributed by atoms with Crippen molar-refractivity contribution in [1.82, 2.24) is 14.3 Å².